The van der Waals surface area contributed by atoms with E-state index in [1.165, 1.54) is 4.90 Å². The van der Waals surface area contributed by atoms with Crippen molar-refractivity contribution < 1.29 is 19.4 Å². The summed E-state index contributed by atoms with van der Waals surface area (Å²) in [5, 5.41) is 9.91. The third-order valence-electron chi connectivity index (χ3n) is 2.73. The van der Waals surface area contributed by atoms with Gasteiger partial charge in [0.05, 0.1) is 18.7 Å². The molecule has 0 atom stereocenters. The highest BCUT2D eigenvalue weighted by molar-refractivity contribution is 5.69. The average molecular weight is 277 g/mol. The molecule has 1 aromatic carbocycles. The van der Waals surface area contributed by atoms with Crippen molar-refractivity contribution in [2.75, 3.05) is 6.54 Å². The Labute approximate surface area is 118 Å². The summed E-state index contributed by atoms with van der Waals surface area (Å²) in [6.07, 6.45) is -0.460. The lowest BCUT2D eigenvalue weighted by Gasteiger charge is -2.26. The molecule has 0 fully saturated rings. The molecule has 5 nitrogen and oxygen atoms in total. The van der Waals surface area contributed by atoms with E-state index in [2.05, 4.69) is 6.58 Å². The summed E-state index contributed by atoms with van der Waals surface area (Å²) < 4.78 is 10.9. The quantitative estimate of drug-likeness (QED) is 0.792. The van der Waals surface area contributed by atoms with E-state index in [0.29, 0.717) is 17.1 Å². The number of carbonyl (C=O) groups is 1. The van der Waals surface area contributed by atoms with Gasteiger partial charge in [0.15, 0.2) is 0 Å². The van der Waals surface area contributed by atoms with E-state index in [4.69, 9.17) is 9.47 Å². The van der Waals surface area contributed by atoms with Crippen LogP contribution in [0.5, 0.6) is 11.5 Å². The van der Waals surface area contributed by atoms with Gasteiger partial charge in [0.1, 0.15) is 22.9 Å². The molecule has 1 heterocycles. The van der Waals surface area contributed by atoms with E-state index in [1.54, 1.807) is 39.0 Å². The van der Waals surface area contributed by atoms with Gasteiger partial charge in [0.25, 0.3) is 0 Å². The summed E-state index contributed by atoms with van der Waals surface area (Å²) in [6.45, 7) is 9.64. The van der Waals surface area contributed by atoms with Crippen LogP contribution in [0.25, 0.3) is 0 Å². The predicted octanol–water partition coefficient (Wildman–Crippen LogP) is 3.04. The normalized spacial score (nSPS) is 15.2. The highest BCUT2D eigenvalue weighted by Crippen LogP contribution is 2.32. The van der Waals surface area contributed by atoms with Crippen molar-refractivity contribution in [1.29, 1.82) is 0 Å². The van der Waals surface area contributed by atoms with Crippen molar-refractivity contribution in [3.05, 3.63) is 36.1 Å². The largest absolute Gasteiger partial charge is 0.507 e. The minimum atomic E-state index is -0.576. The van der Waals surface area contributed by atoms with Gasteiger partial charge < -0.3 is 14.6 Å². The minimum absolute atomic E-state index is 0.0887. The van der Waals surface area contributed by atoms with Gasteiger partial charge in [-0.15, -0.1) is 0 Å². The van der Waals surface area contributed by atoms with E-state index in [9.17, 15) is 9.90 Å². The molecular formula is C15H19NO4. The first-order valence-corrected chi connectivity index (χ1v) is 6.40. The predicted molar refractivity (Wildman–Crippen MR) is 74.5 cm³/mol. The molecule has 0 unspecified atom stereocenters. The van der Waals surface area contributed by atoms with Crippen molar-refractivity contribution in [2.24, 2.45) is 0 Å². The summed E-state index contributed by atoms with van der Waals surface area (Å²) in [6, 6.07) is 4.98. The number of phenols is 1. The van der Waals surface area contributed by atoms with Gasteiger partial charge in [0, 0.05) is 0 Å². The van der Waals surface area contributed by atoms with Crippen LogP contribution in [0.3, 0.4) is 0 Å². The number of rotatable bonds is 0. The fraction of sp³-hybridized carbons (Fsp3) is 0.400. The Kier molecular flexibility index (Phi) is 3.61. The third kappa shape index (κ3) is 3.23. The number of nitrogens with zero attached hydrogens (tertiary/aromatic N) is 1. The molecule has 1 aliphatic rings. The van der Waals surface area contributed by atoms with E-state index < -0.39 is 11.7 Å². The van der Waals surface area contributed by atoms with Crippen LogP contribution in [0, 0.1) is 0 Å². The molecule has 0 aromatic heterocycles. The van der Waals surface area contributed by atoms with E-state index in [1.807, 2.05) is 0 Å². The summed E-state index contributed by atoms with van der Waals surface area (Å²) in [5.41, 5.74) is -0.0235. The zero-order valence-electron chi connectivity index (χ0n) is 12.0. The Hall–Kier alpha value is -2.17. The molecule has 1 aromatic rings. The molecule has 0 bridgehead atoms. The zero-order valence-corrected chi connectivity index (χ0v) is 12.0. The van der Waals surface area contributed by atoms with Crippen LogP contribution in [0.1, 0.15) is 26.3 Å². The third-order valence-corrected chi connectivity index (χ3v) is 2.73. The van der Waals surface area contributed by atoms with Gasteiger partial charge in [-0.25, -0.2) is 4.79 Å². The lowest BCUT2D eigenvalue weighted by atomic mass is 10.1. The SMILES string of the molecule is C=C1CN(C(=O)OC(C)(C)C)Cc2c(O)cccc2O1. The standard InChI is InChI=1S/C15H19NO4/c1-10-8-16(14(18)20-15(2,3)4)9-11-12(17)6-5-7-13(11)19-10/h5-7,17H,1,8-9H2,2-4H3. The van der Waals surface area contributed by atoms with E-state index >= 15 is 0 Å². The maximum atomic E-state index is 12.2. The van der Waals surface area contributed by atoms with Gasteiger partial charge in [-0.1, -0.05) is 12.6 Å². The summed E-state index contributed by atoms with van der Waals surface area (Å²) >= 11 is 0. The van der Waals surface area contributed by atoms with Crippen molar-refractivity contribution >= 4 is 6.09 Å². The van der Waals surface area contributed by atoms with E-state index in [-0.39, 0.29) is 18.8 Å². The van der Waals surface area contributed by atoms with Crippen LogP contribution < -0.4 is 4.74 Å². The van der Waals surface area contributed by atoms with Gasteiger partial charge in [-0.3, -0.25) is 4.90 Å². The van der Waals surface area contributed by atoms with Gasteiger partial charge in [-0.2, -0.15) is 0 Å². The fourth-order valence-corrected chi connectivity index (χ4v) is 1.91. The first kappa shape index (κ1) is 14.2. The molecular weight excluding hydrogens is 258 g/mol. The number of fused-ring (bicyclic) bond motifs is 1. The van der Waals surface area contributed by atoms with Crippen LogP contribution >= 0.6 is 0 Å². The van der Waals surface area contributed by atoms with Crippen LogP contribution in [0.4, 0.5) is 4.79 Å². The Morgan fingerprint density at radius 3 is 2.75 bits per heavy atom. The summed E-state index contributed by atoms with van der Waals surface area (Å²) in [7, 11) is 0. The molecule has 1 N–H and O–H groups in total. The second-order valence-electron chi connectivity index (χ2n) is 5.73. The molecule has 0 saturated heterocycles. The van der Waals surface area contributed by atoms with Crippen LogP contribution in [-0.2, 0) is 11.3 Å². The topological polar surface area (TPSA) is 59.0 Å². The average Bonchev–Trinajstić information content (AvgIpc) is 2.46. The number of ether oxygens (including phenoxy) is 2. The van der Waals surface area contributed by atoms with Crippen LogP contribution in [0.2, 0.25) is 0 Å². The monoisotopic (exact) mass is 277 g/mol. The molecule has 0 saturated carbocycles. The second kappa shape index (κ2) is 5.07. The van der Waals surface area contributed by atoms with Crippen LogP contribution in [0.15, 0.2) is 30.5 Å². The van der Waals surface area contributed by atoms with E-state index in [0.717, 1.165) is 0 Å². The number of hydrogen-bond acceptors (Lipinski definition) is 4. The van der Waals surface area contributed by atoms with Crippen molar-refractivity contribution in [3.8, 4) is 11.5 Å². The fourth-order valence-electron chi connectivity index (χ4n) is 1.91. The molecule has 5 heteroatoms. The Morgan fingerprint density at radius 2 is 2.10 bits per heavy atom. The molecule has 0 radical (unpaired) electrons. The second-order valence-corrected chi connectivity index (χ2v) is 5.73. The Balaban J connectivity index is 2.27. The smallest absolute Gasteiger partial charge is 0.411 e. The Bertz CT molecular complexity index is 545. The maximum absolute atomic E-state index is 12.2. The minimum Gasteiger partial charge on any atom is -0.507 e. The molecule has 20 heavy (non-hydrogen) atoms. The summed E-state index contributed by atoms with van der Waals surface area (Å²) in [5.74, 6) is 1.03. The highest BCUT2D eigenvalue weighted by atomic mass is 16.6. The molecule has 0 aliphatic carbocycles. The van der Waals surface area contributed by atoms with Gasteiger partial charge in [0.2, 0.25) is 0 Å². The molecule has 108 valence electrons. The van der Waals surface area contributed by atoms with Gasteiger partial charge in [-0.05, 0) is 32.9 Å². The molecule has 1 aliphatic heterocycles. The number of phenolic OH excluding ortho intramolecular Hbond substituents is 1. The molecule has 1 amide bonds. The Morgan fingerprint density at radius 1 is 1.40 bits per heavy atom. The lowest BCUT2D eigenvalue weighted by molar-refractivity contribution is 0.0246. The van der Waals surface area contributed by atoms with Crippen molar-refractivity contribution in [1.82, 2.24) is 4.90 Å². The number of carbonyl (C=O) groups excluding carboxylic acids is 1. The maximum Gasteiger partial charge on any atom is 0.411 e. The number of hydrogen-bond donors (Lipinski definition) is 1. The highest BCUT2D eigenvalue weighted by Gasteiger charge is 2.27. The number of aromatic hydroxyl groups is 1. The first-order chi connectivity index (χ1) is 9.26. The number of amides is 1. The summed E-state index contributed by atoms with van der Waals surface area (Å²) in [4.78, 5) is 13.6. The molecule has 0 spiro atoms. The number of benzene rings is 1. The van der Waals surface area contributed by atoms with Crippen LogP contribution in [-0.4, -0.2) is 28.2 Å². The zero-order chi connectivity index (χ0) is 14.9. The lowest BCUT2D eigenvalue weighted by Crippen LogP contribution is -2.37. The van der Waals surface area contributed by atoms with Crippen molar-refractivity contribution in [3.63, 3.8) is 0 Å². The first-order valence-electron chi connectivity index (χ1n) is 6.40. The van der Waals surface area contributed by atoms with Gasteiger partial charge >= 0.3 is 6.09 Å². The molecule has 2 rings (SSSR count). The van der Waals surface area contributed by atoms with Crippen molar-refractivity contribution in [2.45, 2.75) is 32.9 Å².